The molecular formula is C26H25N3O2. The van der Waals surface area contributed by atoms with Gasteiger partial charge in [-0.25, -0.2) is 0 Å². The monoisotopic (exact) mass is 411 g/mol. The number of amides is 1. The van der Waals surface area contributed by atoms with Crippen LogP contribution in [-0.4, -0.2) is 16.1 Å². The number of carbonyl (C=O) groups is 1. The molecule has 0 fully saturated rings. The second-order valence-electron chi connectivity index (χ2n) is 9.10. The average molecular weight is 412 g/mol. The number of carbonyl (C=O) groups excluding carboxylic acids is 1. The molecule has 2 aromatic heterocycles. The van der Waals surface area contributed by atoms with Gasteiger partial charge in [-0.2, -0.15) is 5.10 Å². The van der Waals surface area contributed by atoms with Crippen LogP contribution >= 0.6 is 0 Å². The number of nitrogens with one attached hydrogen (secondary N) is 1. The molecule has 0 spiro atoms. The number of H-pyrrole nitrogens is 1. The lowest BCUT2D eigenvalue weighted by Crippen LogP contribution is -2.30. The molecule has 31 heavy (non-hydrogen) atoms. The number of aromatic amines is 1. The number of aryl methyl sites for hydroxylation is 1. The van der Waals surface area contributed by atoms with Gasteiger partial charge < -0.3 is 4.42 Å². The maximum Gasteiger partial charge on any atom is 0.277 e. The van der Waals surface area contributed by atoms with E-state index in [2.05, 4.69) is 50.0 Å². The zero-order valence-corrected chi connectivity index (χ0v) is 18.1. The zero-order valence-electron chi connectivity index (χ0n) is 18.1. The third-order valence-electron chi connectivity index (χ3n) is 5.96. The largest absolute Gasteiger partial charge is 0.472 e. The van der Waals surface area contributed by atoms with Crippen molar-refractivity contribution < 1.29 is 9.21 Å². The van der Waals surface area contributed by atoms with E-state index in [1.807, 2.05) is 47.4 Å². The van der Waals surface area contributed by atoms with Crippen molar-refractivity contribution in [3.8, 4) is 11.1 Å². The Kier molecular flexibility index (Phi) is 4.36. The van der Waals surface area contributed by atoms with Gasteiger partial charge in [0.05, 0.1) is 24.3 Å². The summed E-state index contributed by atoms with van der Waals surface area (Å²) in [6.45, 7) is 8.48. The molecule has 1 N–H and O–H groups in total. The van der Waals surface area contributed by atoms with Gasteiger partial charge in [0.15, 0.2) is 0 Å². The summed E-state index contributed by atoms with van der Waals surface area (Å²) in [6, 6.07) is 18.0. The summed E-state index contributed by atoms with van der Waals surface area (Å²) in [5.74, 6) is -0.0534. The van der Waals surface area contributed by atoms with Crippen LogP contribution in [0.5, 0.6) is 0 Å². The first-order chi connectivity index (χ1) is 14.9. The van der Waals surface area contributed by atoms with E-state index in [0.29, 0.717) is 5.69 Å². The summed E-state index contributed by atoms with van der Waals surface area (Å²) in [7, 11) is 0. The van der Waals surface area contributed by atoms with Crippen molar-refractivity contribution in [2.24, 2.45) is 0 Å². The molecule has 0 saturated carbocycles. The molecule has 1 atom stereocenters. The van der Waals surface area contributed by atoms with Crippen LogP contribution in [0.3, 0.4) is 0 Å². The molecule has 0 radical (unpaired) electrons. The molecule has 1 unspecified atom stereocenters. The minimum Gasteiger partial charge on any atom is -0.472 e. The fourth-order valence-electron chi connectivity index (χ4n) is 4.42. The Bertz CT molecular complexity index is 1240. The minimum absolute atomic E-state index is 0.0534. The number of hydrogen-bond acceptors (Lipinski definition) is 3. The Balaban J connectivity index is 1.67. The van der Waals surface area contributed by atoms with Crippen LogP contribution in [0.2, 0.25) is 0 Å². The molecule has 1 amide bonds. The first kappa shape index (κ1) is 19.4. The lowest BCUT2D eigenvalue weighted by atomic mass is 9.85. The van der Waals surface area contributed by atoms with Crippen LogP contribution in [0.4, 0.5) is 5.69 Å². The Morgan fingerprint density at radius 1 is 1.00 bits per heavy atom. The van der Waals surface area contributed by atoms with Crippen LogP contribution in [0.1, 0.15) is 59.7 Å². The van der Waals surface area contributed by atoms with Gasteiger partial charge in [0.25, 0.3) is 5.91 Å². The smallest absolute Gasteiger partial charge is 0.277 e. The number of anilines is 1. The molecule has 0 aliphatic carbocycles. The third kappa shape index (κ3) is 3.08. The second-order valence-corrected chi connectivity index (χ2v) is 9.10. The second kappa shape index (κ2) is 6.98. The molecule has 3 heterocycles. The fraction of sp³-hybridized carbons (Fsp3) is 0.231. The highest BCUT2D eigenvalue weighted by Crippen LogP contribution is 2.45. The van der Waals surface area contributed by atoms with Gasteiger partial charge in [0.1, 0.15) is 5.69 Å². The predicted molar refractivity (Wildman–Crippen MR) is 121 cm³/mol. The van der Waals surface area contributed by atoms with E-state index in [1.165, 1.54) is 0 Å². The van der Waals surface area contributed by atoms with E-state index in [1.54, 1.807) is 12.5 Å². The van der Waals surface area contributed by atoms with Gasteiger partial charge in [-0.15, -0.1) is 0 Å². The lowest BCUT2D eigenvalue weighted by molar-refractivity contribution is 0.0988. The average Bonchev–Trinajstić information content (AvgIpc) is 3.46. The van der Waals surface area contributed by atoms with E-state index in [-0.39, 0.29) is 17.4 Å². The minimum atomic E-state index is -0.226. The zero-order chi connectivity index (χ0) is 21.8. The van der Waals surface area contributed by atoms with E-state index in [0.717, 1.165) is 39.2 Å². The van der Waals surface area contributed by atoms with E-state index in [4.69, 9.17) is 4.42 Å². The number of rotatable bonds is 3. The first-order valence-electron chi connectivity index (χ1n) is 10.5. The fourth-order valence-corrected chi connectivity index (χ4v) is 4.42. The van der Waals surface area contributed by atoms with Crippen molar-refractivity contribution in [2.45, 2.75) is 39.2 Å². The Morgan fingerprint density at radius 2 is 1.74 bits per heavy atom. The maximum atomic E-state index is 13.6. The molecule has 1 aliphatic rings. The van der Waals surface area contributed by atoms with E-state index < -0.39 is 0 Å². The predicted octanol–water partition coefficient (Wildman–Crippen LogP) is 6.03. The van der Waals surface area contributed by atoms with E-state index >= 15 is 0 Å². The molecule has 0 bridgehead atoms. The number of nitrogens with zero attached hydrogens (tertiary/aromatic N) is 2. The molecule has 156 valence electrons. The maximum absolute atomic E-state index is 13.6. The van der Waals surface area contributed by atoms with Crippen LogP contribution in [0, 0.1) is 6.92 Å². The summed E-state index contributed by atoms with van der Waals surface area (Å²) < 4.78 is 5.21. The molecule has 5 nitrogen and oxygen atoms in total. The van der Waals surface area contributed by atoms with Gasteiger partial charge >= 0.3 is 0 Å². The number of furan rings is 1. The van der Waals surface area contributed by atoms with E-state index in [9.17, 15) is 4.79 Å². The quantitative estimate of drug-likeness (QED) is 0.448. The Hall–Kier alpha value is -3.60. The van der Waals surface area contributed by atoms with Crippen molar-refractivity contribution in [2.75, 3.05) is 4.90 Å². The standard InChI is InChI=1S/C26H25N3O2/c1-16-7-5-6-8-20(16)23-21-22(27-28-24(21)26(2,3)4)25(30)29(23)19-11-9-17(10-12-19)18-13-14-31-15-18/h5-15,23H,1-4H3,(H,27,28). The number of aromatic nitrogens is 2. The van der Waals surface area contributed by atoms with Crippen LogP contribution in [0.25, 0.3) is 11.1 Å². The number of hydrogen-bond donors (Lipinski definition) is 1. The van der Waals surface area contributed by atoms with Gasteiger partial charge in [-0.3, -0.25) is 14.8 Å². The topological polar surface area (TPSA) is 62.1 Å². The van der Waals surface area contributed by atoms with Crippen LogP contribution in [-0.2, 0) is 5.41 Å². The van der Waals surface area contributed by atoms with Gasteiger partial charge in [-0.05, 0) is 41.8 Å². The summed E-state index contributed by atoms with van der Waals surface area (Å²) in [5.41, 5.74) is 7.48. The third-order valence-corrected chi connectivity index (χ3v) is 5.96. The highest BCUT2D eigenvalue weighted by atomic mass is 16.3. The van der Waals surface area contributed by atoms with Crippen LogP contribution < -0.4 is 4.90 Å². The Morgan fingerprint density at radius 3 is 2.39 bits per heavy atom. The summed E-state index contributed by atoms with van der Waals surface area (Å²) >= 11 is 0. The highest BCUT2D eigenvalue weighted by Gasteiger charge is 2.45. The summed E-state index contributed by atoms with van der Waals surface area (Å²) in [5, 5.41) is 7.60. The van der Waals surface area contributed by atoms with Crippen LogP contribution in [0.15, 0.2) is 71.5 Å². The van der Waals surface area contributed by atoms with Gasteiger partial charge in [0.2, 0.25) is 0 Å². The SMILES string of the molecule is Cc1ccccc1C1c2c(C(C)(C)C)n[nH]c2C(=O)N1c1ccc(-c2ccoc2)cc1. The summed E-state index contributed by atoms with van der Waals surface area (Å²) in [4.78, 5) is 15.5. The van der Waals surface area contributed by atoms with Gasteiger partial charge in [-0.1, -0.05) is 57.2 Å². The van der Waals surface area contributed by atoms with Crippen molar-refractivity contribution in [3.05, 3.63) is 95.2 Å². The molecular weight excluding hydrogens is 386 g/mol. The number of fused-ring (bicyclic) bond motifs is 1. The van der Waals surface area contributed by atoms with Crippen molar-refractivity contribution in [1.29, 1.82) is 0 Å². The molecule has 2 aromatic carbocycles. The highest BCUT2D eigenvalue weighted by molar-refractivity contribution is 6.10. The summed E-state index contributed by atoms with van der Waals surface area (Å²) in [6.07, 6.45) is 3.38. The van der Waals surface area contributed by atoms with Crippen molar-refractivity contribution in [1.82, 2.24) is 10.2 Å². The molecule has 1 aliphatic heterocycles. The van der Waals surface area contributed by atoms with Crippen molar-refractivity contribution >= 4 is 11.6 Å². The first-order valence-corrected chi connectivity index (χ1v) is 10.5. The lowest BCUT2D eigenvalue weighted by Gasteiger charge is -2.29. The van der Waals surface area contributed by atoms with Crippen molar-refractivity contribution in [3.63, 3.8) is 0 Å². The molecule has 0 saturated heterocycles. The number of benzene rings is 2. The van der Waals surface area contributed by atoms with Gasteiger partial charge in [0, 0.05) is 22.2 Å². The molecule has 5 rings (SSSR count). The Labute approximate surface area is 181 Å². The molecule has 5 heteroatoms. The molecule has 4 aromatic rings. The normalized spacial score (nSPS) is 16.1.